The average molecular weight is 450 g/mol. The number of furan rings is 1. The molecule has 164 valence electrons. The predicted molar refractivity (Wildman–Crippen MR) is 111 cm³/mol. The van der Waals surface area contributed by atoms with E-state index in [0.29, 0.717) is 34.5 Å². The molecule has 9 heteroatoms. The summed E-state index contributed by atoms with van der Waals surface area (Å²) >= 11 is 6.51. The van der Waals surface area contributed by atoms with Crippen molar-refractivity contribution in [2.75, 3.05) is 5.32 Å². The number of anilines is 1. The van der Waals surface area contributed by atoms with Crippen LogP contribution in [0.4, 0.5) is 19.3 Å². The van der Waals surface area contributed by atoms with Crippen molar-refractivity contribution in [3.8, 4) is 0 Å². The van der Waals surface area contributed by atoms with Crippen LogP contribution in [0.1, 0.15) is 61.1 Å². The van der Waals surface area contributed by atoms with E-state index in [9.17, 15) is 18.4 Å². The molecule has 0 bridgehead atoms. The van der Waals surface area contributed by atoms with Gasteiger partial charge in [-0.2, -0.15) is 0 Å². The second kappa shape index (κ2) is 6.34. The van der Waals surface area contributed by atoms with Gasteiger partial charge in [0.25, 0.3) is 11.8 Å². The van der Waals surface area contributed by atoms with Gasteiger partial charge in [-0.1, -0.05) is 30.9 Å². The maximum Gasteiger partial charge on any atom is 0.319 e. The highest BCUT2D eigenvalue weighted by atomic mass is 35.5. The summed E-state index contributed by atoms with van der Waals surface area (Å²) in [6, 6.07) is 2.76. The summed E-state index contributed by atoms with van der Waals surface area (Å²) in [6.07, 6.45) is 5.16. The number of nitrogens with one attached hydrogen (secondary N) is 3. The first kappa shape index (κ1) is 19.3. The lowest BCUT2D eigenvalue weighted by Gasteiger charge is -2.42. The van der Waals surface area contributed by atoms with Crippen LogP contribution in [0, 0.1) is 11.8 Å². The van der Waals surface area contributed by atoms with Gasteiger partial charge in [-0.3, -0.25) is 4.79 Å². The molecule has 3 saturated carbocycles. The van der Waals surface area contributed by atoms with Crippen LogP contribution in [0.25, 0.3) is 11.0 Å². The van der Waals surface area contributed by atoms with Crippen molar-refractivity contribution in [2.24, 2.45) is 11.8 Å². The number of halogens is 3. The lowest BCUT2D eigenvalue weighted by atomic mass is 9.74. The quantitative estimate of drug-likeness (QED) is 0.592. The van der Waals surface area contributed by atoms with Crippen molar-refractivity contribution in [2.45, 2.75) is 62.4 Å². The zero-order valence-electron chi connectivity index (χ0n) is 16.7. The monoisotopic (exact) mass is 449 g/mol. The van der Waals surface area contributed by atoms with Crippen molar-refractivity contribution >= 4 is 40.2 Å². The third-order valence-electron chi connectivity index (χ3n) is 7.54. The van der Waals surface area contributed by atoms with Gasteiger partial charge in [-0.15, -0.1) is 0 Å². The number of urea groups is 1. The maximum absolute atomic E-state index is 13.4. The molecular formula is C22H22ClF2N3O3. The fourth-order valence-electron chi connectivity index (χ4n) is 5.98. The van der Waals surface area contributed by atoms with Gasteiger partial charge in [0.1, 0.15) is 5.58 Å². The highest BCUT2D eigenvalue weighted by Crippen LogP contribution is 2.64. The number of hydrogen-bond donors (Lipinski definition) is 3. The van der Waals surface area contributed by atoms with Crippen LogP contribution in [-0.4, -0.2) is 23.9 Å². The van der Waals surface area contributed by atoms with Gasteiger partial charge in [0.05, 0.1) is 16.2 Å². The first-order chi connectivity index (χ1) is 14.8. The summed E-state index contributed by atoms with van der Waals surface area (Å²) in [5, 5.41) is 9.79. The Bertz CT molecular complexity index is 1110. The van der Waals surface area contributed by atoms with E-state index >= 15 is 0 Å². The molecule has 1 spiro atoms. The van der Waals surface area contributed by atoms with Crippen molar-refractivity contribution in [3.63, 3.8) is 0 Å². The molecule has 6 nitrogen and oxygen atoms in total. The Morgan fingerprint density at radius 3 is 2.58 bits per heavy atom. The summed E-state index contributed by atoms with van der Waals surface area (Å²) in [6.45, 7) is 0. The molecule has 3 amide bonds. The average Bonchev–Trinajstić information content (AvgIpc) is 3.13. The van der Waals surface area contributed by atoms with E-state index in [2.05, 4.69) is 16.0 Å². The molecule has 3 N–H and O–H groups in total. The number of carbonyl (C=O) groups excluding carboxylic acids is 2. The van der Waals surface area contributed by atoms with E-state index in [0.717, 1.165) is 37.7 Å². The van der Waals surface area contributed by atoms with Crippen LogP contribution < -0.4 is 16.0 Å². The highest BCUT2D eigenvalue weighted by molar-refractivity contribution is 6.35. The third-order valence-corrected chi connectivity index (χ3v) is 7.84. The number of fused-ring (bicyclic) bond motifs is 5. The van der Waals surface area contributed by atoms with Crippen LogP contribution >= 0.6 is 11.6 Å². The van der Waals surface area contributed by atoms with Crippen LogP contribution in [0.3, 0.4) is 0 Å². The van der Waals surface area contributed by atoms with Gasteiger partial charge in [-0.25, -0.2) is 13.6 Å². The van der Waals surface area contributed by atoms with Gasteiger partial charge in [-0.05, 0) is 37.8 Å². The third kappa shape index (κ3) is 2.80. The van der Waals surface area contributed by atoms with Crippen molar-refractivity contribution in [1.82, 2.24) is 10.6 Å². The number of rotatable bonds is 2. The van der Waals surface area contributed by atoms with Crippen molar-refractivity contribution in [3.05, 3.63) is 28.5 Å². The summed E-state index contributed by atoms with van der Waals surface area (Å²) in [4.78, 5) is 25.2. The lowest BCUT2D eigenvalue weighted by molar-refractivity contribution is 0.0645. The second-order valence-corrected chi connectivity index (χ2v) is 9.80. The van der Waals surface area contributed by atoms with Gasteiger partial charge in [0.2, 0.25) is 0 Å². The van der Waals surface area contributed by atoms with Crippen LogP contribution in [0.15, 0.2) is 16.5 Å². The molecule has 3 fully saturated rings. The molecule has 0 saturated heterocycles. The molecule has 2 heterocycles. The summed E-state index contributed by atoms with van der Waals surface area (Å²) in [5.41, 5.74) is 1.26. The Morgan fingerprint density at radius 1 is 1.16 bits per heavy atom. The minimum Gasteiger partial charge on any atom is -0.450 e. The van der Waals surface area contributed by atoms with Crippen LogP contribution in [0.5, 0.6) is 0 Å². The second-order valence-electron chi connectivity index (χ2n) is 9.39. The number of carbonyl (C=O) groups is 2. The molecule has 3 aliphatic carbocycles. The molecule has 2 aromatic rings. The largest absolute Gasteiger partial charge is 0.450 e. The first-order valence-electron chi connectivity index (χ1n) is 10.8. The molecular weight excluding hydrogens is 428 g/mol. The SMILES string of the molecule is O=C1Nc2c(Cl)cc3cc(C(=O)NC4C[C@@H]5[C@H](C4)C5(F)F)oc3c2C2(CCCCC2)N1. The van der Waals surface area contributed by atoms with E-state index in [1.54, 1.807) is 12.1 Å². The molecule has 1 unspecified atom stereocenters. The molecule has 1 aliphatic heterocycles. The molecule has 4 aliphatic rings. The zero-order valence-corrected chi connectivity index (χ0v) is 17.5. The van der Waals surface area contributed by atoms with Gasteiger partial charge in [0, 0.05) is 28.8 Å². The van der Waals surface area contributed by atoms with E-state index < -0.39 is 29.2 Å². The van der Waals surface area contributed by atoms with E-state index in [-0.39, 0.29) is 17.8 Å². The molecule has 6 rings (SSSR count). The number of hydrogen-bond acceptors (Lipinski definition) is 3. The van der Waals surface area contributed by atoms with Crippen LogP contribution in [0.2, 0.25) is 5.02 Å². The minimum absolute atomic E-state index is 0.120. The molecule has 31 heavy (non-hydrogen) atoms. The van der Waals surface area contributed by atoms with E-state index in [4.69, 9.17) is 16.0 Å². The van der Waals surface area contributed by atoms with E-state index in [1.807, 2.05) is 0 Å². The summed E-state index contributed by atoms with van der Waals surface area (Å²) < 4.78 is 32.9. The van der Waals surface area contributed by atoms with E-state index in [1.165, 1.54) is 0 Å². The molecule has 1 aromatic carbocycles. The Hall–Kier alpha value is -2.35. The first-order valence-corrected chi connectivity index (χ1v) is 11.2. The van der Waals surface area contributed by atoms with Gasteiger partial charge < -0.3 is 20.4 Å². The van der Waals surface area contributed by atoms with Crippen molar-refractivity contribution in [1.29, 1.82) is 0 Å². The smallest absolute Gasteiger partial charge is 0.319 e. The Balaban J connectivity index is 1.35. The number of benzene rings is 1. The fourth-order valence-corrected chi connectivity index (χ4v) is 6.24. The van der Waals surface area contributed by atoms with Gasteiger partial charge >= 0.3 is 6.03 Å². The standard InChI is InChI=1S/C22H22ClF2N3O3/c23-14-6-10-7-15(19(29)26-11-8-12-13(9-11)22(12,24)25)31-18(10)16-17(14)27-20(30)28-21(16)4-2-1-3-5-21/h6-7,11-13H,1-5,8-9H2,(H,26,29)(H2,27,28,30)/t11?,12-,13+. The normalized spacial score (nSPS) is 29.8. The maximum atomic E-state index is 13.4. The number of amides is 3. The molecule has 0 radical (unpaired) electrons. The lowest BCUT2D eigenvalue weighted by Crippen LogP contribution is -2.52. The summed E-state index contributed by atoms with van der Waals surface area (Å²) in [7, 11) is 0. The predicted octanol–water partition coefficient (Wildman–Crippen LogP) is 5.15. The number of alkyl halides is 2. The van der Waals surface area contributed by atoms with Gasteiger partial charge in [0.15, 0.2) is 5.76 Å². The highest BCUT2D eigenvalue weighted by Gasteiger charge is 2.71. The minimum atomic E-state index is -2.57. The van der Waals surface area contributed by atoms with Crippen molar-refractivity contribution < 1.29 is 22.8 Å². The molecule has 3 atom stereocenters. The van der Waals surface area contributed by atoms with Crippen LogP contribution in [-0.2, 0) is 5.54 Å². The zero-order chi connectivity index (χ0) is 21.5. The Kier molecular flexibility index (Phi) is 3.96. The topological polar surface area (TPSA) is 83.4 Å². The molecule has 1 aromatic heterocycles. The summed E-state index contributed by atoms with van der Waals surface area (Å²) in [5.74, 6) is -4.08. The fraction of sp³-hybridized carbons (Fsp3) is 0.545. The Morgan fingerprint density at radius 2 is 1.87 bits per heavy atom. The Labute approximate surface area is 182 Å².